The average Bonchev–Trinajstić information content (AvgIpc) is 2.92. The van der Waals surface area contributed by atoms with Gasteiger partial charge in [0, 0.05) is 48.9 Å². The molecule has 3 rings (SSSR count). The standard InChI is InChI=1S/C24H36ClN3O4/c1-16-11-26(18(14-31-7)12-27(16)22(30)32-23(2,3)4)13-21(29)28-15-24(5,6)19-9-8-17(25)10-20(19)28/h8-10,16,18H,11-15H2,1-7H3/t16-,18-/m1/s1. The Hall–Kier alpha value is -1.83. The Bertz CT molecular complexity index is 867. The monoisotopic (exact) mass is 465 g/mol. The lowest BCUT2D eigenvalue weighted by Gasteiger charge is -2.45. The molecule has 2 amide bonds. The van der Waals surface area contributed by atoms with Crippen LogP contribution in [0.1, 0.15) is 47.1 Å². The summed E-state index contributed by atoms with van der Waals surface area (Å²) in [5.74, 6) is 0.0260. The molecule has 0 unspecified atom stereocenters. The number of amides is 2. The summed E-state index contributed by atoms with van der Waals surface area (Å²) >= 11 is 6.24. The van der Waals surface area contributed by atoms with Gasteiger partial charge in [0.25, 0.3) is 0 Å². The maximum Gasteiger partial charge on any atom is 0.410 e. The molecule has 7 nitrogen and oxygen atoms in total. The summed E-state index contributed by atoms with van der Waals surface area (Å²) in [5.41, 5.74) is 1.32. The Morgan fingerprint density at radius 2 is 1.91 bits per heavy atom. The molecule has 0 radical (unpaired) electrons. The number of rotatable bonds is 4. The fourth-order valence-corrected chi connectivity index (χ4v) is 4.74. The van der Waals surface area contributed by atoms with Crippen molar-refractivity contribution >= 4 is 29.3 Å². The molecule has 2 atom stereocenters. The van der Waals surface area contributed by atoms with E-state index in [1.54, 1.807) is 12.0 Å². The van der Waals surface area contributed by atoms with E-state index in [-0.39, 0.29) is 36.0 Å². The molecule has 1 aromatic rings. The van der Waals surface area contributed by atoms with Crippen LogP contribution in [0.15, 0.2) is 18.2 Å². The minimum atomic E-state index is -0.558. The molecule has 0 aromatic heterocycles. The molecule has 32 heavy (non-hydrogen) atoms. The van der Waals surface area contributed by atoms with E-state index in [0.29, 0.717) is 31.3 Å². The lowest BCUT2D eigenvalue weighted by molar-refractivity contribution is -0.121. The SMILES string of the molecule is COC[C@H]1CN(C(=O)OC(C)(C)C)[C@H](C)CN1CC(=O)N1CC(C)(C)c2ccc(Cl)cc21. The zero-order valence-electron chi connectivity index (χ0n) is 20.3. The Balaban J connectivity index is 1.75. The van der Waals surface area contributed by atoms with E-state index in [1.165, 1.54) is 0 Å². The third kappa shape index (κ3) is 5.38. The second kappa shape index (κ2) is 9.20. The van der Waals surface area contributed by atoms with E-state index in [0.717, 1.165) is 11.3 Å². The number of ether oxygens (including phenoxy) is 2. The van der Waals surface area contributed by atoms with Crippen LogP contribution < -0.4 is 4.90 Å². The number of carbonyl (C=O) groups is 2. The Labute approximate surface area is 196 Å². The number of nitrogens with zero attached hydrogens (tertiary/aromatic N) is 3. The Morgan fingerprint density at radius 3 is 2.53 bits per heavy atom. The molecule has 1 saturated heterocycles. The quantitative estimate of drug-likeness (QED) is 0.674. The summed E-state index contributed by atoms with van der Waals surface area (Å²) in [4.78, 5) is 31.8. The van der Waals surface area contributed by atoms with Crippen molar-refractivity contribution in [2.75, 3.05) is 44.8 Å². The zero-order valence-corrected chi connectivity index (χ0v) is 21.0. The van der Waals surface area contributed by atoms with Gasteiger partial charge in [0.05, 0.1) is 19.2 Å². The van der Waals surface area contributed by atoms with Crippen LogP contribution in [0.25, 0.3) is 0 Å². The predicted octanol–water partition coefficient (Wildman–Crippen LogP) is 3.92. The van der Waals surface area contributed by atoms with Crippen LogP contribution >= 0.6 is 11.6 Å². The number of hydrogen-bond acceptors (Lipinski definition) is 5. The highest BCUT2D eigenvalue weighted by Crippen LogP contribution is 2.41. The minimum Gasteiger partial charge on any atom is -0.444 e. The van der Waals surface area contributed by atoms with Crippen LogP contribution in [0.5, 0.6) is 0 Å². The van der Waals surface area contributed by atoms with E-state index in [4.69, 9.17) is 21.1 Å². The number of anilines is 1. The largest absolute Gasteiger partial charge is 0.444 e. The van der Waals surface area contributed by atoms with Crippen molar-refractivity contribution in [3.63, 3.8) is 0 Å². The highest BCUT2D eigenvalue weighted by atomic mass is 35.5. The highest BCUT2D eigenvalue weighted by molar-refractivity contribution is 6.31. The van der Waals surface area contributed by atoms with Gasteiger partial charge in [-0.15, -0.1) is 0 Å². The van der Waals surface area contributed by atoms with Gasteiger partial charge in [-0.3, -0.25) is 9.69 Å². The normalized spacial score (nSPS) is 23.2. The predicted molar refractivity (Wildman–Crippen MR) is 126 cm³/mol. The van der Waals surface area contributed by atoms with Gasteiger partial charge >= 0.3 is 6.09 Å². The fourth-order valence-electron chi connectivity index (χ4n) is 4.58. The first-order chi connectivity index (χ1) is 14.8. The second-order valence-corrected chi connectivity index (χ2v) is 11.0. The molecule has 178 valence electrons. The molecule has 2 aliphatic heterocycles. The van der Waals surface area contributed by atoms with E-state index >= 15 is 0 Å². The van der Waals surface area contributed by atoms with Crippen molar-refractivity contribution in [1.82, 2.24) is 9.80 Å². The van der Waals surface area contributed by atoms with Gasteiger partial charge in [-0.2, -0.15) is 0 Å². The summed E-state index contributed by atoms with van der Waals surface area (Å²) < 4.78 is 11.0. The number of carbonyl (C=O) groups excluding carboxylic acids is 2. The second-order valence-electron chi connectivity index (χ2n) is 10.5. The zero-order chi connectivity index (χ0) is 23.8. The molecule has 8 heteroatoms. The summed E-state index contributed by atoms with van der Waals surface area (Å²) in [5, 5.41) is 0.621. The fraction of sp³-hybridized carbons (Fsp3) is 0.667. The van der Waals surface area contributed by atoms with Crippen molar-refractivity contribution in [1.29, 1.82) is 0 Å². The summed E-state index contributed by atoms with van der Waals surface area (Å²) in [6, 6.07) is 5.59. The number of benzene rings is 1. The molecule has 0 spiro atoms. The van der Waals surface area contributed by atoms with Crippen molar-refractivity contribution in [3.8, 4) is 0 Å². The van der Waals surface area contributed by atoms with Gasteiger partial charge in [-0.1, -0.05) is 31.5 Å². The molecule has 0 aliphatic carbocycles. The number of hydrogen-bond donors (Lipinski definition) is 0. The van der Waals surface area contributed by atoms with Crippen molar-refractivity contribution in [2.45, 2.75) is 64.6 Å². The first-order valence-corrected chi connectivity index (χ1v) is 11.5. The maximum atomic E-state index is 13.4. The van der Waals surface area contributed by atoms with E-state index in [9.17, 15) is 9.59 Å². The molecule has 1 aromatic carbocycles. The number of piperazine rings is 1. The van der Waals surface area contributed by atoms with Crippen LogP contribution in [-0.2, 0) is 19.7 Å². The molecule has 0 bridgehead atoms. The minimum absolute atomic E-state index is 0.0260. The van der Waals surface area contributed by atoms with Crippen LogP contribution in [0.2, 0.25) is 5.02 Å². The van der Waals surface area contributed by atoms with Crippen LogP contribution in [0.4, 0.5) is 10.5 Å². The van der Waals surface area contributed by atoms with E-state index in [1.807, 2.05) is 50.8 Å². The molecular weight excluding hydrogens is 430 g/mol. The van der Waals surface area contributed by atoms with Crippen LogP contribution in [0.3, 0.4) is 0 Å². The number of halogens is 1. The van der Waals surface area contributed by atoms with E-state index in [2.05, 4.69) is 18.7 Å². The molecule has 1 fully saturated rings. The average molecular weight is 466 g/mol. The molecule has 2 aliphatic rings. The van der Waals surface area contributed by atoms with Gasteiger partial charge in [-0.25, -0.2) is 4.79 Å². The molecule has 2 heterocycles. The smallest absolute Gasteiger partial charge is 0.410 e. The van der Waals surface area contributed by atoms with E-state index < -0.39 is 5.60 Å². The van der Waals surface area contributed by atoms with Gasteiger partial charge in [0.1, 0.15) is 5.60 Å². The summed E-state index contributed by atoms with van der Waals surface area (Å²) in [6.07, 6.45) is -0.332. The Kier molecular flexibility index (Phi) is 7.13. The molecule has 0 saturated carbocycles. The van der Waals surface area contributed by atoms with Crippen LogP contribution in [0, 0.1) is 0 Å². The topological polar surface area (TPSA) is 62.3 Å². The molecular formula is C24H36ClN3O4. The van der Waals surface area contributed by atoms with Crippen LogP contribution in [-0.4, -0.2) is 79.4 Å². The third-order valence-corrected chi connectivity index (χ3v) is 6.35. The van der Waals surface area contributed by atoms with Crippen molar-refractivity contribution in [2.24, 2.45) is 0 Å². The maximum absolute atomic E-state index is 13.4. The number of fused-ring (bicyclic) bond motifs is 1. The summed E-state index contributed by atoms with van der Waals surface area (Å²) in [7, 11) is 1.64. The first-order valence-electron chi connectivity index (χ1n) is 11.2. The van der Waals surface area contributed by atoms with Gasteiger partial charge in [0.15, 0.2) is 0 Å². The Morgan fingerprint density at radius 1 is 1.22 bits per heavy atom. The molecule has 0 N–H and O–H groups in total. The third-order valence-electron chi connectivity index (χ3n) is 6.11. The lowest BCUT2D eigenvalue weighted by Crippen LogP contribution is -2.62. The first kappa shape index (κ1) is 24.8. The summed E-state index contributed by atoms with van der Waals surface area (Å²) in [6.45, 7) is 14.2. The van der Waals surface area contributed by atoms with Crippen molar-refractivity contribution < 1.29 is 19.1 Å². The highest BCUT2D eigenvalue weighted by Gasteiger charge is 2.41. The van der Waals surface area contributed by atoms with Gasteiger partial charge < -0.3 is 19.3 Å². The van der Waals surface area contributed by atoms with Gasteiger partial charge in [-0.05, 0) is 45.4 Å². The lowest BCUT2D eigenvalue weighted by atomic mass is 9.87. The van der Waals surface area contributed by atoms with Crippen molar-refractivity contribution in [3.05, 3.63) is 28.8 Å². The number of methoxy groups -OCH3 is 1. The van der Waals surface area contributed by atoms with Gasteiger partial charge in [0.2, 0.25) is 5.91 Å².